The maximum atomic E-state index is 10.8. The molecule has 1 nitrogen and oxygen atoms in total. The van der Waals surface area contributed by atoms with E-state index in [1.807, 2.05) is 0 Å². The second-order valence-electron chi connectivity index (χ2n) is 5.94. The summed E-state index contributed by atoms with van der Waals surface area (Å²) < 4.78 is 0. The highest BCUT2D eigenvalue weighted by Gasteiger charge is 2.67. The molecule has 0 heterocycles. The second-order valence-corrected chi connectivity index (χ2v) is 5.94. The third kappa shape index (κ3) is 0.823. The van der Waals surface area contributed by atoms with E-state index < -0.39 is 5.60 Å². The van der Waals surface area contributed by atoms with Gasteiger partial charge in [-0.05, 0) is 42.4 Å². The van der Waals surface area contributed by atoms with Crippen LogP contribution in [0, 0.1) is 16.7 Å². The molecule has 0 aromatic carbocycles. The van der Waals surface area contributed by atoms with Gasteiger partial charge in [0.25, 0.3) is 0 Å². The fourth-order valence-corrected chi connectivity index (χ4v) is 4.23. The Labute approximate surface area is 81.5 Å². The molecule has 1 heteroatoms. The molecule has 2 fully saturated rings. The van der Waals surface area contributed by atoms with Crippen LogP contribution in [-0.4, -0.2) is 10.7 Å². The lowest BCUT2D eigenvalue weighted by Gasteiger charge is -2.50. The van der Waals surface area contributed by atoms with Crippen molar-refractivity contribution in [1.29, 1.82) is 0 Å². The second kappa shape index (κ2) is 2.31. The van der Waals surface area contributed by atoms with E-state index in [2.05, 4.69) is 27.7 Å². The van der Waals surface area contributed by atoms with Crippen molar-refractivity contribution >= 4 is 0 Å². The molecule has 2 aliphatic carbocycles. The van der Waals surface area contributed by atoms with Gasteiger partial charge in [-0.1, -0.05) is 27.7 Å². The summed E-state index contributed by atoms with van der Waals surface area (Å²) in [6.45, 7) is 8.93. The van der Waals surface area contributed by atoms with Crippen LogP contribution in [0.1, 0.15) is 53.4 Å². The quantitative estimate of drug-likeness (QED) is 0.661. The number of aliphatic hydroxyl groups is 1. The van der Waals surface area contributed by atoms with Crippen LogP contribution in [0.25, 0.3) is 0 Å². The molecular weight excluding hydrogens is 160 g/mol. The molecule has 0 aromatic rings. The maximum Gasteiger partial charge on any atom is 0.0751 e. The molecule has 1 unspecified atom stereocenters. The van der Waals surface area contributed by atoms with Crippen molar-refractivity contribution in [3.63, 3.8) is 0 Å². The van der Waals surface area contributed by atoms with E-state index in [-0.39, 0.29) is 10.8 Å². The Kier molecular flexibility index (Phi) is 1.69. The summed E-state index contributed by atoms with van der Waals surface area (Å²) in [5.41, 5.74) is -0.0758. The largest absolute Gasteiger partial charge is 0.389 e. The summed E-state index contributed by atoms with van der Waals surface area (Å²) in [7, 11) is 0. The molecule has 0 aliphatic heterocycles. The fraction of sp³-hybridized carbons (Fsp3) is 1.00. The van der Waals surface area contributed by atoms with Crippen LogP contribution in [-0.2, 0) is 0 Å². The summed E-state index contributed by atoms with van der Waals surface area (Å²) in [5.74, 6) is 0.752. The van der Waals surface area contributed by atoms with Gasteiger partial charge < -0.3 is 5.11 Å². The van der Waals surface area contributed by atoms with Gasteiger partial charge in [-0.15, -0.1) is 0 Å². The molecule has 76 valence electrons. The Bertz CT molecular complexity index is 227. The first-order valence-corrected chi connectivity index (χ1v) is 5.60. The number of rotatable bonds is 1. The van der Waals surface area contributed by atoms with E-state index in [4.69, 9.17) is 0 Å². The third-order valence-electron chi connectivity index (χ3n) is 5.34. The smallest absolute Gasteiger partial charge is 0.0751 e. The Morgan fingerprint density at radius 2 is 1.92 bits per heavy atom. The zero-order valence-corrected chi connectivity index (χ0v) is 9.35. The molecule has 0 aromatic heterocycles. The van der Waals surface area contributed by atoms with Gasteiger partial charge >= 0.3 is 0 Å². The lowest BCUT2D eigenvalue weighted by atomic mass is 9.59. The molecule has 2 aliphatic rings. The molecule has 2 saturated carbocycles. The highest BCUT2D eigenvalue weighted by atomic mass is 16.3. The first-order chi connectivity index (χ1) is 5.87. The van der Waals surface area contributed by atoms with E-state index in [9.17, 15) is 5.11 Å². The summed E-state index contributed by atoms with van der Waals surface area (Å²) in [6.07, 6.45) is 4.70. The van der Waals surface area contributed by atoms with Gasteiger partial charge in [-0.3, -0.25) is 0 Å². The number of fused-ring (bicyclic) bond motifs is 2. The van der Waals surface area contributed by atoms with E-state index in [0.717, 1.165) is 12.3 Å². The molecule has 1 N–H and O–H groups in total. The highest BCUT2D eigenvalue weighted by Crippen LogP contribution is 2.68. The van der Waals surface area contributed by atoms with Crippen molar-refractivity contribution in [2.75, 3.05) is 0 Å². The Hall–Kier alpha value is -0.0400. The van der Waals surface area contributed by atoms with Crippen LogP contribution in [0.3, 0.4) is 0 Å². The lowest BCUT2D eigenvalue weighted by Crippen LogP contribution is -2.53. The Balaban J connectivity index is 2.45. The van der Waals surface area contributed by atoms with Gasteiger partial charge in [0.15, 0.2) is 0 Å². The van der Waals surface area contributed by atoms with Crippen molar-refractivity contribution in [2.24, 2.45) is 16.7 Å². The third-order valence-corrected chi connectivity index (χ3v) is 5.34. The molecule has 0 saturated heterocycles. The van der Waals surface area contributed by atoms with Crippen LogP contribution >= 0.6 is 0 Å². The predicted molar refractivity (Wildman–Crippen MR) is 54.5 cm³/mol. The molecule has 2 bridgehead atoms. The summed E-state index contributed by atoms with van der Waals surface area (Å²) in [5, 5.41) is 10.8. The predicted octanol–water partition coefficient (Wildman–Crippen LogP) is 2.97. The fourth-order valence-electron chi connectivity index (χ4n) is 4.23. The monoisotopic (exact) mass is 182 g/mol. The first-order valence-electron chi connectivity index (χ1n) is 5.60. The minimum atomic E-state index is -0.414. The van der Waals surface area contributed by atoms with Gasteiger partial charge in [0.2, 0.25) is 0 Å². The standard InChI is InChI=1S/C12H22O/c1-5-12(13)10(2,3)9-6-7-11(12,4)8-9/h9,13H,5-8H2,1-4H3/t9-,11+,12?/m1/s1. The van der Waals surface area contributed by atoms with Gasteiger partial charge in [0.1, 0.15) is 0 Å². The number of hydrogen-bond acceptors (Lipinski definition) is 1. The van der Waals surface area contributed by atoms with E-state index >= 15 is 0 Å². The van der Waals surface area contributed by atoms with Crippen LogP contribution in [0.15, 0.2) is 0 Å². The van der Waals surface area contributed by atoms with E-state index in [0.29, 0.717) is 0 Å². The highest BCUT2D eigenvalue weighted by molar-refractivity contribution is 5.17. The Morgan fingerprint density at radius 1 is 1.31 bits per heavy atom. The minimum Gasteiger partial charge on any atom is -0.389 e. The molecule has 0 radical (unpaired) electrons. The number of hydrogen-bond donors (Lipinski definition) is 1. The van der Waals surface area contributed by atoms with Crippen LogP contribution < -0.4 is 0 Å². The van der Waals surface area contributed by atoms with Crippen molar-refractivity contribution in [3.05, 3.63) is 0 Å². The zero-order chi connectivity index (χ0) is 9.91. The van der Waals surface area contributed by atoms with Gasteiger partial charge in [0, 0.05) is 0 Å². The van der Waals surface area contributed by atoms with Gasteiger partial charge in [-0.25, -0.2) is 0 Å². The summed E-state index contributed by atoms with van der Waals surface area (Å²) >= 11 is 0. The SMILES string of the molecule is CCC1(O)C(C)(C)[C@@H]2CC[C@@]1(C)C2. The van der Waals surface area contributed by atoms with Gasteiger partial charge in [0.05, 0.1) is 5.60 Å². The van der Waals surface area contributed by atoms with Crippen LogP contribution in [0.4, 0.5) is 0 Å². The van der Waals surface area contributed by atoms with Crippen LogP contribution in [0.2, 0.25) is 0 Å². The lowest BCUT2D eigenvalue weighted by molar-refractivity contribution is -0.144. The van der Waals surface area contributed by atoms with Crippen molar-refractivity contribution < 1.29 is 5.11 Å². The first kappa shape index (κ1) is 9.51. The normalized spacial score (nSPS) is 52.8. The van der Waals surface area contributed by atoms with E-state index in [1.165, 1.54) is 19.3 Å². The zero-order valence-electron chi connectivity index (χ0n) is 9.35. The van der Waals surface area contributed by atoms with Crippen molar-refractivity contribution in [2.45, 2.75) is 59.0 Å². The minimum absolute atomic E-state index is 0.134. The summed E-state index contributed by atoms with van der Waals surface area (Å²) in [6, 6.07) is 0. The maximum absolute atomic E-state index is 10.8. The molecule has 2 rings (SSSR count). The van der Waals surface area contributed by atoms with Crippen LogP contribution in [0.5, 0.6) is 0 Å². The van der Waals surface area contributed by atoms with Crippen molar-refractivity contribution in [1.82, 2.24) is 0 Å². The molecule has 0 spiro atoms. The topological polar surface area (TPSA) is 20.2 Å². The summed E-state index contributed by atoms with van der Waals surface area (Å²) in [4.78, 5) is 0. The van der Waals surface area contributed by atoms with Crippen molar-refractivity contribution in [3.8, 4) is 0 Å². The molecule has 3 atom stereocenters. The average Bonchev–Trinajstić information content (AvgIpc) is 2.51. The average molecular weight is 182 g/mol. The molecule has 13 heavy (non-hydrogen) atoms. The molecule has 0 amide bonds. The van der Waals surface area contributed by atoms with E-state index in [1.54, 1.807) is 0 Å². The van der Waals surface area contributed by atoms with Gasteiger partial charge in [-0.2, -0.15) is 0 Å². The molecular formula is C12H22O. The Morgan fingerprint density at radius 3 is 2.23 bits per heavy atom.